The number of hydrogen-bond acceptors (Lipinski definition) is 5. The maximum Gasteiger partial charge on any atom is 0.160 e. The number of anilines is 3. The van der Waals surface area contributed by atoms with Crippen LogP contribution in [0.3, 0.4) is 0 Å². The van der Waals surface area contributed by atoms with Crippen molar-refractivity contribution in [2.24, 2.45) is 0 Å². The van der Waals surface area contributed by atoms with Crippen LogP contribution in [0.5, 0.6) is 0 Å². The van der Waals surface area contributed by atoms with Gasteiger partial charge in [0.1, 0.15) is 12.1 Å². The van der Waals surface area contributed by atoms with Crippen molar-refractivity contribution >= 4 is 28.0 Å². The Hall–Kier alpha value is -6.46. The molecule has 0 N–H and O–H groups in total. The van der Waals surface area contributed by atoms with Crippen LogP contribution in [-0.4, -0.2) is 19.9 Å². The Labute approximate surface area is 272 Å². The summed E-state index contributed by atoms with van der Waals surface area (Å²) in [5.41, 5.74) is 11.4. The second-order valence-corrected chi connectivity index (χ2v) is 11.6. The molecule has 0 fully saturated rings. The number of fused-ring (bicyclic) bond motifs is 2. The fourth-order valence-electron chi connectivity index (χ4n) is 6.52. The minimum Gasteiger partial charge on any atom is -0.294 e. The molecular formula is C42H27N5. The molecule has 0 aliphatic carbocycles. The van der Waals surface area contributed by atoms with Gasteiger partial charge in [-0.25, -0.2) is 19.9 Å². The average Bonchev–Trinajstić information content (AvgIpc) is 3.16. The van der Waals surface area contributed by atoms with Crippen LogP contribution in [-0.2, 0) is 0 Å². The zero-order chi connectivity index (χ0) is 31.2. The summed E-state index contributed by atoms with van der Waals surface area (Å²) in [7, 11) is 0. The number of nitrogens with zero attached hydrogens (tertiary/aromatic N) is 5. The first kappa shape index (κ1) is 26.9. The molecule has 5 nitrogen and oxygen atoms in total. The van der Waals surface area contributed by atoms with E-state index in [1.807, 2.05) is 60.8 Å². The Morgan fingerprint density at radius 1 is 0.468 bits per heavy atom. The molecule has 3 heterocycles. The van der Waals surface area contributed by atoms with Crippen molar-refractivity contribution in [1.29, 1.82) is 0 Å². The summed E-state index contributed by atoms with van der Waals surface area (Å²) in [6.07, 6.45) is 3.56. The topological polar surface area (TPSA) is 54.8 Å². The zero-order valence-corrected chi connectivity index (χ0v) is 25.3. The van der Waals surface area contributed by atoms with E-state index in [4.69, 9.17) is 15.0 Å². The quantitative estimate of drug-likeness (QED) is 0.196. The zero-order valence-electron chi connectivity index (χ0n) is 25.3. The van der Waals surface area contributed by atoms with Crippen LogP contribution in [0.15, 0.2) is 164 Å². The summed E-state index contributed by atoms with van der Waals surface area (Å²) in [5.74, 6) is 1.56. The third kappa shape index (κ3) is 4.73. The number of hydrogen-bond donors (Lipinski definition) is 0. The predicted molar refractivity (Wildman–Crippen MR) is 191 cm³/mol. The van der Waals surface area contributed by atoms with Crippen molar-refractivity contribution in [3.05, 3.63) is 164 Å². The lowest BCUT2D eigenvalue weighted by molar-refractivity contribution is 1.11. The smallest absolute Gasteiger partial charge is 0.160 e. The van der Waals surface area contributed by atoms with E-state index in [-0.39, 0.29) is 0 Å². The minimum atomic E-state index is 0.700. The van der Waals surface area contributed by atoms with Crippen LogP contribution in [0.25, 0.3) is 66.9 Å². The van der Waals surface area contributed by atoms with Crippen molar-refractivity contribution in [2.75, 3.05) is 4.90 Å². The van der Waals surface area contributed by atoms with E-state index >= 15 is 0 Å². The van der Waals surface area contributed by atoms with Gasteiger partial charge in [-0.05, 0) is 58.5 Å². The third-order valence-corrected chi connectivity index (χ3v) is 8.75. The Morgan fingerprint density at radius 2 is 1.11 bits per heavy atom. The van der Waals surface area contributed by atoms with Gasteiger partial charge in [-0.3, -0.25) is 4.90 Å². The second kappa shape index (κ2) is 11.2. The normalized spacial score (nSPS) is 11.8. The molecular weight excluding hydrogens is 574 g/mol. The molecule has 0 bridgehead atoms. The third-order valence-electron chi connectivity index (χ3n) is 8.75. The highest BCUT2D eigenvalue weighted by molar-refractivity contribution is 6.14. The van der Waals surface area contributed by atoms with Gasteiger partial charge in [0.05, 0.1) is 17.1 Å². The van der Waals surface area contributed by atoms with Crippen LogP contribution in [0.4, 0.5) is 17.2 Å². The molecule has 2 aromatic heterocycles. The van der Waals surface area contributed by atoms with E-state index < -0.39 is 0 Å². The van der Waals surface area contributed by atoms with Crippen molar-refractivity contribution in [1.82, 2.24) is 19.9 Å². The molecule has 0 amide bonds. The monoisotopic (exact) mass is 601 g/mol. The predicted octanol–water partition coefficient (Wildman–Crippen LogP) is 10.5. The summed E-state index contributed by atoms with van der Waals surface area (Å²) >= 11 is 0. The Kier molecular flexibility index (Phi) is 6.39. The first-order chi connectivity index (χ1) is 23.3. The van der Waals surface area contributed by atoms with Gasteiger partial charge in [0.15, 0.2) is 5.82 Å². The molecule has 0 spiro atoms. The lowest BCUT2D eigenvalue weighted by Crippen LogP contribution is -2.16. The lowest BCUT2D eigenvalue weighted by Gasteiger charge is -2.32. The van der Waals surface area contributed by atoms with Crippen LogP contribution in [0, 0.1) is 0 Å². The van der Waals surface area contributed by atoms with Gasteiger partial charge >= 0.3 is 0 Å². The molecule has 8 aromatic rings. The van der Waals surface area contributed by atoms with E-state index in [2.05, 4.69) is 107 Å². The van der Waals surface area contributed by atoms with Crippen molar-refractivity contribution in [2.45, 2.75) is 0 Å². The van der Waals surface area contributed by atoms with E-state index in [0.29, 0.717) is 5.82 Å². The fourth-order valence-corrected chi connectivity index (χ4v) is 6.52. The highest BCUT2D eigenvalue weighted by atomic mass is 15.2. The first-order valence-corrected chi connectivity index (χ1v) is 15.6. The van der Waals surface area contributed by atoms with Gasteiger partial charge in [-0.2, -0.15) is 0 Å². The summed E-state index contributed by atoms with van der Waals surface area (Å²) in [6, 6.07) is 52.6. The maximum absolute atomic E-state index is 5.03. The second-order valence-electron chi connectivity index (χ2n) is 11.6. The molecule has 0 radical (unpaired) electrons. The average molecular weight is 602 g/mol. The summed E-state index contributed by atoms with van der Waals surface area (Å²) < 4.78 is 0. The highest BCUT2D eigenvalue weighted by Crippen LogP contribution is 2.50. The molecule has 9 rings (SSSR count). The molecule has 6 aromatic carbocycles. The maximum atomic E-state index is 5.03. The fraction of sp³-hybridized carbons (Fsp3) is 0. The standard InChI is InChI=1S/C42H27N5/c1-4-11-28(12-5-1)33-23-32-17-10-18-39-40(32)35(24-33)36-26-43-27-44-42(36)47(39)34-21-19-30(20-22-34)38-25-37(29-13-6-2-7-14-29)45-41(46-38)31-15-8-3-9-16-31/h1-27H. The first-order valence-electron chi connectivity index (χ1n) is 15.6. The van der Waals surface area contributed by atoms with E-state index in [1.54, 1.807) is 6.33 Å². The number of aromatic nitrogens is 4. The molecule has 1 aliphatic heterocycles. The lowest BCUT2D eigenvalue weighted by atomic mass is 9.90. The van der Waals surface area contributed by atoms with Gasteiger partial charge in [0.2, 0.25) is 0 Å². The summed E-state index contributed by atoms with van der Waals surface area (Å²) in [6.45, 7) is 0. The summed E-state index contributed by atoms with van der Waals surface area (Å²) in [5, 5.41) is 2.37. The number of benzene rings is 6. The SMILES string of the molecule is c1ccc(-c2cc3c4c(cccc4c2)N(c2ccc(-c4cc(-c5ccccc5)nc(-c5ccccc5)n4)cc2)c2ncncc2-3)cc1. The number of rotatable bonds is 5. The Morgan fingerprint density at radius 3 is 1.81 bits per heavy atom. The Bertz CT molecular complexity index is 2330. The minimum absolute atomic E-state index is 0.700. The molecule has 0 saturated carbocycles. The van der Waals surface area contributed by atoms with Crippen LogP contribution < -0.4 is 4.90 Å². The molecule has 220 valence electrons. The van der Waals surface area contributed by atoms with Crippen LogP contribution in [0.1, 0.15) is 0 Å². The molecule has 1 aliphatic rings. The van der Waals surface area contributed by atoms with Gasteiger partial charge < -0.3 is 0 Å². The van der Waals surface area contributed by atoms with Crippen molar-refractivity contribution in [3.63, 3.8) is 0 Å². The molecule has 5 heteroatoms. The molecule has 0 atom stereocenters. The van der Waals surface area contributed by atoms with Crippen molar-refractivity contribution < 1.29 is 0 Å². The van der Waals surface area contributed by atoms with Gasteiger partial charge in [0.25, 0.3) is 0 Å². The van der Waals surface area contributed by atoms with Crippen LogP contribution in [0.2, 0.25) is 0 Å². The van der Waals surface area contributed by atoms with Crippen molar-refractivity contribution in [3.8, 4) is 56.2 Å². The highest BCUT2D eigenvalue weighted by Gasteiger charge is 2.28. The summed E-state index contributed by atoms with van der Waals surface area (Å²) in [4.78, 5) is 21.5. The van der Waals surface area contributed by atoms with Gasteiger partial charge in [-0.15, -0.1) is 0 Å². The largest absolute Gasteiger partial charge is 0.294 e. The van der Waals surface area contributed by atoms with Gasteiger partial charge in [0, 0.05) is 39.5 Å². The van der Waals surface area contributed by atoms with E-state index in [0.717, 1.165) is 56.4 Å². The van der Waals surface area contributed by atoms with Crippen LogP contribution >= 0.6 is 0 Å². The molecule has 0 saturated heterocycles. The van der Waals surface area contributed by atoms with E-state index in [1.165, 1.54) is 21.9 Å². The Balaban J connectivity index is 1.17. The van der Waals surface area contributed by atoms with Gasteiger partial charge in [-0.1, -0.05) is 115 Å². The van der Waals surface area contributed by atoms with E-state index in [9.17, 15) is 0 Å². The molecule has 0 unspecified atom stereocenters. The molecule has 47 heavy (non-hydrogen) atoms.